The van der Waals surface area contributed by atoms with Gasteiger partial charge in [-0.2, -0.15) is 0 Å². The number of nitrogens with zero attached hydrogens (tertiary/aromatic N) is 3. The molecule has 11 rings (SSSR count). The summed E-state index contributed by atoms with van der Waals surface area (Å²) >= 11 is 1.96. The molecular weight excluding hydrogens is 770 g/mol. The molecule has 8 aromatic rings. The zero-order chi connectivity index (χ0) is 43.4. The molecule has 62 heavy (non-hydrogen) atoms. The first-order valence-electron chi connectivity index (χ1n) is 22.4. The largest absolute Gasteiger partial charge is 0.310 e. The molecule has 0 unspecified atom stereocenters. The molecule has 308 valence electrons. The molecule has 3 aliphatic heterocycles. The predicted molar refractivity (Wildman–Crippen MR) is 268 cm³/mol. The van der Waals surface area contributed by atoms with Gasteiger partial charge in [0.05, 0.1) is 22.6 Å². The van der Waals surface area contributed by atoms with Gasteiger partial charge < -0.3 is 9.47 Å². The minimum atomic E-state index is -0.0424. The highest BCUT2D eigenvalue weighted by Crippen LogP contribution is 2.55. The summed E-state index contributed by atoms with van der Waals surface area (Å²) in [4.78, 5) is 10.1. The smallest absolute Gasteiger partial charge is 0.252 e. The lowest BCUT2D eigenvalue weighted by Crippen LogP contribution is -2.61. The van der Waals surface area contributed by atoms with E-state index in [1.807, 2.05) is 24.0 Å². The molecule has 5 heterocycles. The van der Waals surface area contributed by atoms with Gasteiger partial charge in [-0.3, -0.25) is 4.98 Å². The normalized spacial score (nSPS) is 14.3. The molecule has 0 saturated carbocycles. The number of hydrogen-bond donors (Lipinski definition) is 0. The Labute approximate surface area is 372 Å². The third-order valence-corrected chi connectivity index (χ3v) is 14.9. The fourth-order valence-electron chi connectivity index (χ4n) is 10.2. The average Bonchev–Trinajstić information content (AvgIpc) is 3.56. The van der Waals surface area contributed by atoms with E-state index in [0.717, 1.165) is 11.3 Å². The van der Waals surface area contributed by atoms with Crippen molar-refractivity contribution in [2.45, 2.75) is 115 Å². The summed E-state index contributed by atoms with van der Waals surface area (Å²) in [5, 5.41) is 2.68. The summed E-state index contributed by atoms with van der Waals surface area (Å²) in [6.07, 6.45) is 1.89. The van der Waals surface area contributed by atoms with E-state index >= 15 is 0 Å². The summed E-state index contributed by atoms with van der Waals surface area (Å²) in [6, 6.07) is 44.8. The topological polar surface area (TPSA) is 21.1 Å². The first-order valence-corrected chi connectivity index (χ1v) is 23.2. The van der Waals surface area contributed by atoms with Gasteiger partial charge >= 0.3 is 0 Å². The summed E-state index contributed by atoms with van der Waals surface area (Å²) in [7, 11) is 0. The maximum atomic E-state index is 4.76. The van der Waals surface area contributed by atoms with Gasteiger partial charge in [-0.25, -0.2) is 0 Å². The van der Waals surface area contributed by atoms with Crippen LogP contribution in [0.5, 0.6) is 0 Å². The van der Waals surface area contributed by atoms with Gasteiger partial charge in [-0.05, 0) is 138 Å². The summed E-state index contributed by atoms with van der Waals surface area (Å²) < 4.78 is 2.64. The summed E-state index contributed by atoms with van der Waals surface area (Å²) in [5.41, 5.74) is 21.8. The van der Waals surface area contributed by atoms with E-state index in [1.54, 1.807) is 0 Å². The highest BCUT2D eigenvalue weighted by Gasteiger charge is 2.46. The van der Waals surface area contributed by atoms with Gasteiger partial charge in [0.2, 0.25) is 0 Å². The van der Waals surface area contributed by atoms with Crippen molar-refractivity contribution in [1.82, 2.24) is 9.55 Å². The second kappa shape index (κ2) is 13.0. The van der Waals surface area contributed by atoms with E-state index in [-0.39, 0.29) is 28.4 Å². The fraction of sp³-hybridized carbons (Fsp3) is 0.281. The zero-order valence-corrected chi connectivity index (χ0v) is 39.2. The van der Waals surface area contributed by atoms with Crippen molar-refractivity contribution >= 4 is 73.7 Å². The SMILES string of the molecule is CC(C)(C)c1ccc2c(c1)Sc1cc(C(C)(C)C)cc3c1N2c1cc(-c2cccc(-c4ccccn4)c2)cc2c1B3c1cc(C(C)(C)C)cc3c4cc(C(C)(C)C)ccc4n-2c13. The Morgan fingerprint density at radius 1 is 0.484 bits per heavy atom. The molecule has 6 aromatic carbocycles. The van der Waals surface area contributed by atoms with E-state index in [0.29, 0.717) is 0 Å². The van der Waals surface area contributed by atoms with E-state index in [1.165, 1.54) is 104 Å². The van der Waals surface area contributed by atoms with Crippen LogP contribution in [0.2, 0.25) is 0 Å². The molecule has 0 saturated heterocycles. The number of benzene rings is 6. The number of aromatic nitrogens is 2. The quantitative estimate of drug-likeness (QED) is 0.162. The highest BCUT2D eigenvalue weighted by molar-refractivity contribution is 7.99. The van der Waals surface area contributed by atoms with Crippen molar-refractivity contribution in [2.24, 2.45) is 0 Å². The van der Waals surface area contributed by atoms with Crippen molar-refractivity contribution in [2.75, 3.05) is 4.90 Å². The lowest BCUT2D eigenvalue weighted by molar-refractivity contribution is 0.588. The second-order valence-corrected chi connectivity index (χ2v) is 23.3. The van der Waals surface area contributed by atoms with Gasteiger partial charge in [-0.1, -0.05) is 143 Å². The first-order chi connectivity index (χ1) is 29.3. The van der Waals surface area contributed by atoms with Crippen molar-refractivity contribution in [3.8, 4) is 28.1 Å². The minimum absolute atomic E-state index is 0.0158. The Bertz CT molecular complexity index is 3200. The monoisotopic (exact) mass is 825 g/mol. The van der Waals surface area contributed by atoms with E-state index < -0.39 is 0 Å². The van der Waals surface area contributed by atoms with Crippen LogP contribution in [0.25, 0.3) is 49.9 Å². The maximum absolute atomic E-state index is 4.76. The third kappa shape index (κ3) is 5.90. The Morgan fingerprint density at radius 2 is 1.11 bits per heavy atom. The second-order valence-electron chi connectivity index (χ2n) is 22.2. The number of anilines is 3. The Morgan fingerprint density at radius 3 is 1.82 bits per heavy atom. The molecule has 3 aliphatic rings. The van der Waals surface area contributed by atoms with Crippen LogP contribution in [0.1, 0.15) is 105 Å². The number of hydrogen-bond acceptors (Lipinski definition) is 3. The van der Waals surface area contributed by atoms with Crippen molar-refractivity contribution < 1.29 is 0 Å². The summed E-state index contributed by atoms with van der Waals surface area (Å²) in [5.74, 6) is 0. The van der Waals surface area contributed by atoms with Crippen LogP contribution in [0.3, 0.4) is 0 Å². The van der Waals surface area contributed by atoms with E-state index in [2.05, 4.69) is 202 Å². The van der Waals surface area contributed by atoms with E-state index in [4.69, 9.17) is 4.98 Å². The van der Waals surface area contributed by atoms with Crippen LogP contribution in [-0.2, 0) is 21.7 Å². The molecule has 5 heteroatoms. The molecule has 0 N–H and O–H groups in total. The van der Waals surface area contributed by atoms with Gasteiger partial charge in [-0.15, -0.1) is 0 Å². The predicted octanol–water partition coefficient (Wildman–Crippen LogP) is 13.8. The molecule has 2 aromatic heterocycles. The Hall–Kier alpha value is -5.52. The first kappa shape index (κ1) is 39.3. The lowest BCUT2D eigenvalue weighted by atomic mass is 9.33. The third-order valence-electron chi connectivity index (χ3n) is 13.8. The molecule has 0 spiro atoms. The van der Waals surface area contributed by atoms with Crippen LogP contribution in [0.15, 0.2) is 131 Å². The Kier molecular flexibility index (Phi) is 8.26. The van der Waals surface area contributed by atoms with Gasteiger partial charge in [0, 0.05) is 49.2 Å². The standard InChI is InChI=1S/C57H56BN3S/c1-54(2,3)36-19-21-45-40(27-36)41-28-38(56(7,8)9)29-42-52(41)60(45)47-25-35(33-16-15-17-34(24-33)44-18-13-14-23-59-44)26-48-51(47)58(42)43-30-39(57(10,11)12)32-50-53(43)61(48)46-22-20-37(55(4,5)6)31-49(46)62-50/h13-32H,1-12H3. The van der Waals surface area contributed by atoms with Crippen molar-refractivity contribution in [3.63, 3.8) is 0 Å². The molecule has 0 amide bonds. The summed E-state index contributed by atoms with van der Waals surface area (Å²) in [6.45, 7) is 28.3. The molecule has 0 fully saturated rings. The molecule has 0 aliphatic carbocycles. The Balaban J connectivity index is 1.31. The molecule has 3 nitrogen and oxygen atoms in total. The van der Waals surface area contributed by atoms with E-state index in [9.17, 15) is 0 Å². The van der Waals surface area contributed by atoms with Crippen molar-refractivity contribution in [3.05, 3.63) is 144 Å². The van der Waals surface area contributed by atoms with Crippen LogP contribution in [-0.4, -0.2) is 16.3 Å². The van der Waals surface area contributed by atoms with Gasteiger partial charge in [0.25, 0.3) is 6.71 Å². The minimum Gasteiger partial charge on any atom is -0.310 e. The molecular formula is C57H56BN3S. The maximum Gasteiger partial charge on any atom is 0.252 e. The average molecular weight is 826 g/mol. The van der Waals surface area contributed by atoms with Crippen LogP contribution in [0, 0.1) is 0 Å². The lowest BCUT2D eigenvalue weighted by Gasteiger charge is -2.45. The number of rotatable bonds is 2. The van der Waals surface area contributed by atoms with Crippen LogP contribution in [0.4, 0.5) is 17.1 Å². The zero-order valence-electron chi connectivity index (χ0n) is 38.4. The van der Waals surface area contributed by atoms with Crippen molar-refractivity contribution in [1.29, 1.82) is 0 Å². The van der Waals surface area contributed by atoms with Gasteiger partial charge in [0.1, 0.15) is 0 Å². The fourth-order valence-corrected chi connectivity index (χ4v) is 11.4. The highest BCUT2D eigenvalue weighted by atomic mass is 32.2. The molecule has 0 bridgehead atoms. The molecule has 0 atom stereocenters. The number of fused-ring (bicyclic) bond motifs is 9. The van der Waals surface area contributed by atoms with Crippen LogP contribution < -0.4 is 21.3 Å². The number of pyridine rings is 1. The van der Waals surface area contributed by atoms with Crippen LogP contribution >= 0.6 is 11.8 Å². The molecule has 0 radical (unpaired) electrons. The van der Waals surface area contributed by atoms with Gasteiger partial charge in [0.15, 0.2) is 0 Å².